The van der Waals surface area contributed by atoms with Gasteiger partial charge in [-0.05, 0) is 42.9 Å². The fourth-order valence-corrected chi connectivity index (χ4v) is 2.17. The van der Waals surface area contributed by atoms with E-state index in [1.165, 1.54) is 0 Å². The molecule has 19 heavy (non-hydrogen) atoms. The molecular weight excluding hydrogens is 264 g/mol. The van der Waals surface area contributed by atoms with E-state index in [1.54, 1.807) is 0 Å². The van der Waals surface area contributed by atoms with Crippen LogP contribution >= 0.6 is 11.6 Å². The first-order valence-corrected chi connectivity index (χ1v) is 6.99. The molecule has 1 aliphatic rings. The van der Waals surface area contributed by atoms with Gasteiger partial charge in [-0.3, -0.25) is 0 Å². The molecule has 2 amide bonds. The molecule has 2 rings (SSSR count). The molecule has 0 aliphatic heterocycles. The monoisotopic (exact) mass is 282 g/mol. The van der Waals surface area contributed by atoms with Crippen molar-refractivity contribution in [1.29, 1.82) is 0 Å². The second kappa shape index (κ2) is 6.78. The van der Waals surface area contributed by atoms with Crippen molar-refractivity contribution in [3.8, 4) is 0 Å². The van der Waals surface area contributed by atoms with Crippen molar-refractivity contribution < 1.29 is 9.90 Å². The highest BCUT2D eigenvalue weighted by molar-refractivity contribution is 6.30. The lowest BCUT2D eigenvalue weighted by atomic mass is 10.0. The van der Waals surface area contributed by atoms with Crippen LogP contribution in [0, 0.1) is 5.92 Å². The molecule has 0 heterocycles. The molecule has 1 atom stereocenters. The number of halogens is 1. The summed E-state index contributed by atoms with van der Waals surface area (Å²) in [5.41, 5.74) is 1.09. The van der Waals surface area contributed by atoms with Crippen molar-refractivity contribution in [1.82, 2.24) is 10.6 Å². The van der Waals surface area contributed by atoms with Gasteiger partial charge in [-0.15, -0.1) is 0 Å². The summed E-state index contributed by atoms with van der Waals surface area (Å²) in [6.45, 7) is 0.573. The number of hydrogen-bond donors (Lipinski definition) is 3. The van der Waals surface area contributed by atoms with E-state index < -0.39 is 0 Å². The summed E-state index contributed by atoms with van der Waals surface area (Å²) in [7, 11) is 0. The van der Waals surface area contributed by atoms with Crippen LogP contribution in [0.3, 0.4) is 0 Å². The van der Waals surface area contributed by atoms with E-state index in [2.05, 4.69) is 10.6 Å². The molecule has 0 spiro atoms. The molecule has 3 N–H and O–H groups in total. The Morgan fingerprint density at radius 1 is 1.37 bits per heavy atom. The Balaban J connectivity index is 1.93. The average Bonchev–Trinajstić information content (AvgIpc) is 3.22. The Bertz CT molecular complexity index is 418. The van der Waals surface area contributed by atoms with Gasteiger partial charge in [0.15, 0.2) is 0 Å². The van der Waals surface area contributed by atoms with E-state index in [0.29, 0.717) is 23.9 Å². The molecule has 104 valence electrons. The van der Waals surface area contributed by atoms with E-state index in [9.17, 15) is 4.79 Å². The van der Waals surface area contributed by atoms with Crippen molar-refractivity contribution in [2.75, 3.05) is 13.2 Å². The number of carbonyl (C=O) groups is 1. The third-order valence-corrected chi connectivity index (χ3v) is 3.48. The summed E-state index contributed by atoms with van der Waals surface area (Å²) >= 11 is 5.88. The Hall–Kier alpha value is -1.26. The first kappa shape index (κ1) is 14.2. The normalized spacial score (nSPS) is 15.9. The Labute approximate surface area is 118 Å². The predicted molar refractivity (Wildman–Crippen MR) is 75.2 cm³/mol. The largest absolute Gasteiger partial charge is 0.396 e. The van der Waals surface area contributed by atoms with Gasteiger partial charge in [0, 0.05) is 18.2 Å². The van der Waals surface area contributed by atoms with Gasteiger partial charge in [0.1, 0.15) is 0 Å². The number of nitrogens with one attached hydrogen (secondary N) is 2. The zero-order chi connectivity index (χ0) is 13.7. The molecule has 1 unspecified atom stereocenters. The average molecular weight is 283 g/mol. The van der Waals surface area contributed by atoms with Crippen LogP contribution in [0.25, 0.3) is 0 Å². The van der Waals surface area contributed by atoms with Gasteiger partial charge >= 0.3 is 6.03 Å². The SMILES string of the molecule is O=C(NCCCO)NC(c1ccc(Cl)cc1)C1CC1. The van der Waals surface area contributed by atoms with E-state index >= 15 is 0 Å². The second-order valence-electron chi connectivity index (χ2n) is 4.84. The zero-order valence-electron chi connectivity index (χ0n) is 10.7. The molecule has 1 aliphatic carbocycles. The smallest absolute Gasteiger partial charge is 0.315 e. The summed E-state index contributed by atoms with van der Waals surface area (Å²) in [6, 6.07) is 7.47. The fourth-order valence-electron chi connectivity index (χ4n) is 2.05. The van der Waals surface area contributed by atoms with Crippen LogP contribution in [-0.2, 0) is 0 Å². The van der Waals surface area contributed by atoms with Gasteiger partial charge < -0.3 is 15.7 Å². The summed E-state index contributed by atoms with van der Waals surface area (Å²) < 4.78 is 0. The number of urea groups is 1. The molecule has 0 radical (unpaired) electrons. The van der Waals surface area contributed by atoms with Crippen LogP contribution in [0.5, 0.6) is 0 Å². The predicted octanol–water partition coefficient (Wildman–Crippen LogP) is 2.47. The number of aliphatic hydroxyl groups is 1. The van der Waals surface area contributed by atoms with E-state index in [4.69, 9.17) is 16.7 Å². The maximum absolute atomic E-state index is 11.8. The zero-order valence-corrected chi connectivity index (χ0v) is 11.5. The molecule has 1 aromatic rings. The Morgan fingerprint density at radius 2 is 2.05 bits per heavy atom. The van der Waals surface area contributed by atoms with Crippen LogP contribution in [0.2, 0.25) is 5.02 Å². The van der Waals surface area contributed by atoms with E-state index in [-0.39, 0.29) is 18.7 Å². The minimum Gasteiger partial charge on any atom is -0.396 e. The molecule has 1 saturated carbocycles. The number of benzene rings is 1. The number of aliphatic hydroxyl groups excluding tert-OH is 1. The summed E-state index contributed by atoms with van der Waals surface area (Å²) in [5, 5.41) is 15.1. The van der Waals surface area contributed by atoms with Crippen LogP contribution in [0.4, 0.5) is 4.79 Å². The number of rotatable bonds is 6. The van der Waals surface area contributed by atoms with Crippen LogP contribution in [0.15, 0.2) is 24.3 Å². The number of amides is 2. The maximum atomic E-state index is 11.8. The van der Waals surface area contributed by atoms with Crippen molar-refractivity contribution in [3.05, 3.63) is 34.9 Å². The van der Waals surface area contributed by atoms with Crippen LogP contribution < -0.4 is 10.6 Å². The molecule has 4 nitrogen and oxygen atoms in total. The van der Waals surface area contributed by atoms with E-state index in [0.717, 1.165) is 18.4 Å². The third-order valence-electron chi connectivity index (χ3n) is 3.23. The Kier molecular flexibility index (Phi) is 5.05. The first-order valence-electron chi connectivity index (χ1n) is 6.61. The highest BCUT2D eigenvalue weighted by Crippen LogP contribution is 2.41. The topological polar surface area (TPSA) is 61.4 Å². The van der Waals surface area contributed by atoms with Gasteiger partial charge in [-0.1, -0.05) is 23.7 Å². The fraction of sp³-hybridized carbons (Fsp3) is 0.500. The third kappa shape index (κ3) is 4.40. The van der Waals surface area contributed by atoms with Gasteiger partial charge in [0.05, 0.1) is 6.04 Å². The highest BCUT2D eigenvalue weighted by atomic mass is 35.5. The van der Waals surface area contributed by atoms with Crippen LogP contribution in [-0.4, -0.2) is 24.3 Å². The summed E-state index contributed by atoms with van der Waals surface area (Å²) in [5.74, 6) is 0.518. The van der Waals surface area contributed by atoms with Crippen molar-refractivity contribution in [3.63, 3.8) is 0 Å². The summed E-state index contributed by atoms with van der Waals surface area (Å²) in [4.78, 5) is 11.8. The quantitative estimate of drug-likeness (QED) is 0.702. The molecule has 5 heteroatoms. The highest BCUT2D eigenvalue weighted by Gasteiger charge is 2.33. The minimum atomic E-state index is -0.180. The van der Waals surface area contributed by atoms with Crippen molar-refractivity contribution in [2.45, 2.75) is 25.3 Å². The van der Waals surface area contributed by atoms with Crippen molar-refractivity contribution in [2.24, 2.45) is 5.92 Å². The van der Waals surface area contributed by atoms with E-state index in [1.807, 2.05) is 24.3 Å². The lowest BCUT2D eigenvalue weighted by Crippen LogP contribution is -2.39. The van der Waals surface area contributed by atoms with Gasteiger partial charge in [0.2, 0.25) is 0 Å². The first-order chi connectivity index (χ1) is 9.20. The van der Waals surface area contributed by atoms with Crippen LogP contribution in [0.1, 0.15) is 30.9 Å². The molecule has 0 saturated heterocycles. The molecular formula is C14H19ClN2O2. The maximum Gasteiger partial charge on any atom is 0.315 e. The van der Waals surface area contributed by atoms with Gasteiger partial charge in [-0.25, -0.2) is 4.79 Å². The molecule has 0 bridgehead atoms. The number of hydrogen-bond acceptors (Lipinski definition) is 2. The lowest BCUT2D eigenvalue weighted by molar-refractivity contribution is 0.233. The number of carbonyl (C=O) groups excluding carboxylic acids is 1. The van der Waals surface area contributed by atoms with Crippen molar-refractivity contribution >= 4 is 17.6 Å². The van der Waals surface area contributed by atoms with Gasteiger partial charge in [-0.2, -0.15) is 0 Å². The Morgan fingerprint density at radius 3 is 2.63 bits per heavy atom. The molecule has 1 aromatic carbocycles. The standard InChI is InChI=1S/C14H19ClN2O2/c15-12-6-4-11(5-7-12)13(10-2-3-10)17-14(19)16-8-1-9-18/h4-7,10,13,18H,1-3,8-9H2,(H2,16,17,19). The van der Waals surface area contributed by atoms with Gasteiger partial charge in [0.25, 0.3) is 0 Å². The second-order valence-corrected chi connectivity index (χ2v) is 5.28. The summed E-state index contributed by atoms with van der Waals surface area (Å²) in [6.07, 6.45) is 2.86. The minimum absolute atomic E-state index is 0.0476. The molecule has 1 fully saturated rings. The lowest BCUT2D eigenvalue weighted by Gasteiger charge is -2.19. The molecule has 0 aromatic heterocycles.